The number of amides is 2. The molecule has 8 heteroatoms. The number of hydrogen-bond acceptors (Lipinski definition) is 3. The van der Waals surface area contributed by atoms with Gasteiger partial charge in [0.25, 0.3) is 0 Å². The van der Waals surface area contributed by atoms with Crippen LogP contribution in [0.4, 0.5) is 10.5 Å². The van der Waals surface area contributed by atoms with E-state index in [4.69, 9.17) is 16.3 Å². The monoisotopic (exact) mass is 368 g/mol. The molecule has 0 spiro atoms. The van der Waals surface area contributed by atoms with Crippen LogP contribution in [-0.4, -0.2) is 42.7 Å². The van der Waals surface area contributed by atoms with Crippen molar-refractivity contribution in [1.29, 1.82) is 0 Å². The van der Waals surface area contributed by atoms with E-state index in [-0.39, 0.29) is 6.03 Å². The number of carbonyl (C=O) groups excluding carboxylic acids is 1. The lowest BCUT2D eigenvalue weighted by Crippen LogP contribution is -2.30. The third-order valence-electron chi connectivity index (χ3n) is 3.49. The molecule has 1 heterocycles. The second-order valence-electron chi connectivity index (χ2n) is 6.81. The quantitative estimate of drug-likeness (QED) is 0.424. The topological polar surface area (TPSA) is 68.2 Å². The van der Waals surface area contributed by atoms with E-state index in [9.17, 15) is 4.79 Å². The number of imidazole rings is 1. The molecule has 0 fully saturated rings. The summed E-state index contributed by atoms with van der Waals surface area (Å²) in [6.07, 6.45) is 1.74. The number of para-hydroxylation sites is 1. The Morgan fingerprint density at radius 3 is 2.88 bits per heavy atom. The highest BCUT2D eigenvalue weighted by Gasteiger charge is 2.13. The number of benzene rings is 1. The molecule has 24 heavy (non-hydrogen) atoms. The molecular formula is C16H25ClN4O2Si. The van der Waals surface area contributed by atoms with E-state index >= 15 is 0 Å². The number of hydrogen-bond donors (Lipinski definition) is 2. The maximum atomic E-state index is 11.9. The molecule has 0 unspecified atom stereocenters. The van der Waals surface area contributed by atoms with E-state index in [0.29, 0.717) is 24.8 Å². The molecule has 2 N–H and O–H groups in total. The Bertz CT molecular complexity index is 684. The minimum atomic E-state index is -1.10. The third kappa shape index (κ3) is 5.50. The molecule has 0 aliphatic heterocycles. The van der Waals surface area contributed by atoms with E-state index in [2.05, 4.69) is 35.3 Å². The van der Waals surface area contributed by atoms with Gasteiger partial charge in [-0.1, -0.05) is 25.7 Å². The number of urea groups is 1. The predicted octanol–water partition coefficient (Wildman–Crippen LogP) is 3.71. The Kier molecular flexibility index (Phi) is 6.65. The minimum Gasteiger partial charge on any atom is -0.361 e. The summed E-state index contributed by atoms with van der Waals surface area (Å²) < 4.78 is 7.71. The Morgan fingerprint density at radius 2 is 2.17 bits per heavy atom. The van der Waals surface area contributed by atoms with Crippen molar-refractivity contribution in [2.45, 2.75) is 32.4 Å². The van der Waals surface area contributed by atoms with Gasteiger partial charge in [0, 0.05) is 27.1 Å². The second kappa shape index (κ2) is 8.50. The average molecular weight is 369 g/mol. The number of halogens is 1. The predicted molar refractivity (Wildman–Crippen MR) is 102 cm³/mol. The highest BCUT2D eigenvalue weighted by molar-refractivity contribution is 6.76. The molecular weight excluding hydrogens is 344 g/mol. The van der Waals surface area contributed by atoms with Crippen LogP contribution in [0.1, 0.15) is 0 Å². The number of alkyl halides is 1. The first-order valence-electron chi connectivity index (χ1n) is 8.03. The number of anilines is 1. The summed E-state index contributed by atoms with van der Waals surface area (Å²) in [4.78, 5) is 16.3. The summed E-state index contributed by atoms with van der Waals surface area (Å²) >= 11 is 5.58. The number of ether oxygens (including phenoxy) is 1. The Hall–Kier alpha value is -1.57. The summed E-state index contributed by atoms with van der Waals surface area (Å²) in [7, 11) is -1.10. The second-order valence-corrected chi connectivity index (χ2v) is 12.8. The van der Waals surface area contributed by atoms with Gasteiger partial charge in [0.1, 0.15) is 6.73 Å². The first kappa shape index (κ1) is 18.8. The van der Waals surface area contributed by atoms with Gasteiger partial charge in [-0.2, -0.15) is 0 Å². The molecule has 2 aromatic rings. The molecule has 2 rings (SSSR count). The first-order valence-corrected chi connectivity index (χ1v) is 12.3. The summed E-state index contributed by atoms with van der Waals surface area (Å²) in [5.41, 5.74) is 2.37. The van der Waals surface area contributed by atoms with Gasteiger partial charge in [0.15, 0.2) is 0 Å². The number of fused-ring (bicyclic) bond motifs is 1. The smallest absolute Gasteiger partial charge is 0.319 e. The van der Waals surface area contributed by atoms with Gasteiger partial charge in [0.05, 0.1) is 23.0 Å². The molecule has 0 aliphatic rings. The molecule has 2 amide bonds. The van der Waals surface area contributed by atoms with Crippen molar-refractivity contribution >= 4 is 42.4 Å². The van der Waals surface area contributed by atoms with E-state index in [1.54, 1.807) is 6.33 Å². The minimum absolute atomic E-state index is 0.282. The zero-order chi connectivity index (χ0) is 17.6. The third-order valence-corrected chi connectivity index (χ3v) is 5.39. The summed E-state index contributed by atoms with van der Waals surface area (Å²) in [6.45, 7) is 8.55. The average Bonchev–Trinajstić information content (AvgIpc) is 2.93. The van der Waals surface area contributed by atoms with Crippen molar-refractivity contribution in [3.8, 4) is 0 Å². The highest BCUT2D eigenvalue weighted by atomic mass is 35.5. The summed E-state index contributed by atoms with van der Waals surface area (Å²) in [6, 6.07) is 6.46. The van der Waals surface area contributed by atoms with Crippen molar-refractivity contribution in [2.24, 2.45) is 0 Å². The fourth-order valence-electron chi connectivity index (χ4n) is 2.19. The number of carbonyl (C=O) groups is 1. The molecule has 132 valence electrons. The van der Waals surface area contributed by atoms with Crippen LogP contribution < -0.4 is 10.6 Å². The van der Waals surface area contributed by atoms with E-state index in [1.165, 1.54) is 0 Å². The lowest BCUT2D eigenvalue weighted by molar-refractivity contribution is 0.0899. The number of aromatic nitrogens is 2. The van der Waals surface area contributed by atoms with Crippen molar-refractivity contribution in [3.63, 3.8) is 0 Å². The number of rotatable bonds is 8. The largest absolute Gasteiger partial charge is 0.361 e. The summed E-state index contributed by atoms with van der Waals surface area (Å²) in [5, 5.41) is 5.53. The van der Waals surface area contributed by atoms with Gasteiger partial charge in [-0.3, -0.25) is 0 Å². The Labute approximate surface area is 148 Å². The van der Waals surface area contributed by atoms with Crippen molar-refractivity contribution in [3.05, 3.63) is 24.5 Å². The molecule has 0 aliphatic carbocycles. The fourth-order valence-corrected chi connectivity index (χ4v) is 3.05. The van der Waals surface area contributed by atoms with Gasteiger partial charge in [-0.05, 0) is 18.2 Å². The van der Waals surface area contributed by atoms with Crippen LogP contribution in [0, 0.1) is 0 Å². The van der Waals surface area contributed by atoms with E-state index in [0.717, 1.165) is 23.7 Å². The van der Waals surface area contributed by atoms with Gasteiger partial charge < -0.3 is 19.9 Å². The van der Waals surface area contributed by atoms with Crippen LogP contribution in [0.5, 0.6) is 0 Å². The number of nitrogens with zero attached hydrogens (tertiary/aromatic N) is 2. The zero-order valence-electron chi connectivity index (χ0n) is 14.4. The van der Waals surface area contributed by atoms with Crippen LogP contribution in [0.2, 0.25) is 25.7 Å². The van der Waals surface area contributed by atoms with Crippen LogP contribution in [0.3, 0.4) is 0 Å². The molecule has 1 aromatic carbocycles. The lowest BCUT2D eigenvalue weighted by Gasteiger charge is -2.16. The molecule has 0 saturated carbocycles. The van der Waals surface area contributed by atoms with Crippen molar-refractivity contribution in [1.82, 2.24) is 14.9 Å². The van der Waals surface area contributed by atoms with E-state index in [1.807, 2.05) is 22.8 Å². The van der Waals surface area contributed by atoms with Crippen LogP contribution >= 0.6 is 11.6 Å². The molecule has 0 bridgehead atoms. The highest BCUT2D eigenvalue weighted by Crippen LogP contribution is 2.23. The first-order chi connectivity index (χ1) is 11.4. The molecule has 1 aromatic heterocycles. The fraction of sp³-hybridized carbons (Fsp3) is 0.500. The van der Waals surface area contributed by atoms with Crippen LogP contribution in [0.25, 0.3) is 11.0 Å². The zero-order valence-corrected chi connectivity index (χ0v) is 16.2. The Morgan fingerprint density at radius 1 is 1.38 bits per heavy atom. The van der Waals surface area contributed by atoms with Gasteiger partial charge in [-0.25, -0.2) is 9.78 Å². The van der Waals surface area contributed by atoms with Gasteiger partial charge >= 0.3 is 6.03 Å². The van der Waals surface area contributed by atoms with Crippen LogP contribution in [-0.2, 0) is 11.5 Å². The molecule has 0 saturated heterocycles. The normalized spacial score (nSPS) is 11.7. The van der Waals surface area contributed by atoms with Gasteiger partial charge in [0.2, 0.25) is 0 Å². The maximum Gasteiger partial charge on any atom is 0.319 e. The SMILES string of the molecule is C[Si](C)(C)CCOCn1cnc2cccc(NC(=O)NCCCl)c21. The maximum absolute atomic E-state index is 11.9. The molecule has 6 nitrogen and oxygen atoms in total. The standard InChI is InChI=1S/C16H25ClN4O2Si/c1-24(2,3)10-9-23-12-21-11-19-13-5-4-6-14(15(13)21)20-16(22)18-8-7-17/h4-6,11H,7-10,12H2,1-3H3,(H2,18,20,22). The summed E-state index contributed by atoms with van der Waals surface area (Å²) in [5.74, 6) is 0.375. The van der Waals surface area contributed by atoms with Crippen molar-refractivity contribution < 1.29 is 9.53 Å². The Balaban J connectivity index is 2.07. The van der Waals surface area contributed by atoms with Crippen LogP contribution in [0.15, 0.2) is 24.5 Å². The lowest BCUT2D eigenvalue weighted by atomic mass is 10.2. The number of nitrogens with one attached hydrogen (secondary N) is 2. The molecule has 0 atom stereocenters. The van der Waals surface area contributed by atoms with Gasteiger partial charge in [-0.15, -0.1) is 11.6 Å². The van der Waals surface area contributed by atoms with E-state index < -0.39 is 8.07 Å². The van der Waals surface area contributed by atoms with Crippen molar-refractivity contribution in [2.75, 3.05) is 24.3 Å². The molecule has 0 radical (unpaired) electrons.